The van der Waals surface area contributed by atoms with Gasteiger partial charge in [-0.1, -0.05) is 31.9 Å². The van der Waals surface area contributed by atoms with Gasteiger partial charge >= 0.3 is 0 Å². The Hall–Kier alpha value is 0.920. The normalized spacial score (nSPS) is 13.9. The average molecular weight is 245 g/mol. The molecule has 0 saturated carbocycles. The molecule has 0 heterocycles. The molecule has 0 spiro atoms. The average Bonchev–Trinajstić information content (AvgIpc) is 1.83. The van der Waals surface area contributed by atoms with Crippen molar-refractivity contribution < 1.29 is 0 Å². The summed E-state index contributed by atoms with van der Waals surface area (Å²) < 4.78 is 0. The van der Waals surface area contributed by atoms with Gasteiger partial charge in [0.05, 0.1) is 0 Å². The van der Waals surface area contributed by atoms with Crippen LogP contribution in [0.4, 0.5) is 0 Å². The van der Waals surface area contributed by atoms with Crippen LogP contribution in [0.5, 0.6) is 0 Å². The summed E-state index contributed by atoms with van der Waals surface area (Å²) in [5.74, 6) is 0. The summed E-state index contributed by atoms with van der Waals surface area (Å²) in [5, 5.41) is 5.29. The maximum atomic E-state index is 3.39. The highest BCUT2D eigenvalue weighted by atomic mass is 79.9. The van der Waals surface area contributed by atoms with Crippen LogP contribution < -0.4 is 5.32 Å². The van der Waals surface area contributed by atoms with E-state index in [0.29, 0.717) is 6.04 Å². The van der Waals surface area contributed by atoms with E-state index in [-0.39, 0.29) is 0 Å². The minimum atomic E-state index is 0.620. The van der Waals surface area contributed by atoms with Gasteiger partial charge in [-0.15, -0.1) is 0 Å². The standard InChI is InChI=1S/C5H11Br2N/c1-8-5(4-7)2-3-6/h5,8H,2-4H2,1H3. The monoisotopic (exact) mass is 243 g/mol. The largest absolute Gasteiger partial charge is 0.316 e. The van der Waals surface area contributed by atoms with Crippen molar-refractivity contribution in [3.63, 3.8) is 0 Å². The van der Waals surface area contributed by atoms with Crippen molar-refractivity contribution in [2.45, 2.75) is 12.5 Å². The molecule has 1 nitrogen and oxygen atoms in total. The molecule has 3 heteroatoms. The smallest absolute Gasteiger partial charge is 0.0186 e. The van der Waals surface area contributed by atoms with Crippen LogP contribution in [0.15, 0.2) is 0 Å². The van der Waals surface area contributed by atoms with Crippen LogP contribution in [-0.4, -0.2) is 23.7 Å². The minimum Gasteiger partial charge on any atom is -0.316 e. The Labute approximate surface area is 67.5 Å². The van der Waals surface area contributed by atoms with Gasteiger partial charge in [-0.05, 0) is 13.5 Å². The lowest BCUT2D eigenvalue weighted by Crippen LogP contribution is -2.26. The zero-order valence-electron chi connectivity index (χ0n) is 4.95. The fourth-order valence-electron chi connectivity index (χ4n) is 0.430. The summed E-state index contributed by atoms with van der Waals surface area (Å²) >= 11 is 6.76. The van der Waals surface area contributed by atoms with Crippen LogP contribution in [0.1, 0.15) is 6.42 Å². The van der Waals surface area contributed by atoms with Crippen molar-refractivity contribution in [3.8, 4) is 0 Å². The maximum Gasteiger partial charge on any atom is 0.0186 e. The lowest BCUT2D eigenvalue weighted by Gasteiger charge is -2.08. The first-order valence-electron chi connectivity index (χ1n) is 2.64. The number of hydrogen-bond acceptors (Lipinski definition) is 1. The highest BCUT2D eigenvalue weighted by Crippen LogP contribution is 1.98. The van der Waals surface area contributed by atoms with Crippen molar-refractivity contribution in [2.75, 3.05) is 17.7 Å². The van der Waals surface area contributed by atoms with Crippen LogP contribution in [-0.2, 0) is 0 Å². The number of rotatable bonds is 4. The molecular weight excluding hydrogens is 234 g/mol. The van der Waals surface area contributed by atoms with Crippen molar-refractivity contribution in [1.29, 1.82) is 0 Å². The third-order valence-electron chi connectivity index (χ3n) is 1.05. The molecule has 0 aliphatic rings. The fraction of sp³-hybridized carbons (Fsp3) is 1.00. The summed E-state index contributed by atoms with van der Waals surface area (Å²) in [6.45, 7) is 0. The maximum absolute atomic E-state index is 3.39. The Morgan fingerprint density at radius 1 is 1.50 bits per heavy atom. The molecule has 0 radical (unpaired) electrons. The Balaban J connectivity index is 3.07. The van der Waals surface area contributed by atoms with Crippen LogP contribution in [0.25, 0.3) is 0 Å². The quantitative estimate of drug-likeness (QED) is 0.744. The number of hydrogen-bond donors (Lipinski definition) is 1. The van der Waals surface area contributed by atoms with E-state index < -0.39 is 0 Å². The highest BCUT2D eigenvalue weighted by Gasteiger charge is 1.99. The molecule has 1 atom stereocenters. The van der Waals surface area contributed by atoms with Gasteiger partial charge in [-0.25, -0.2) is 0 Å². The van der Waals surface area contributed by atoms with Gasteiger partial charge in [-0.2, -0.15) is 0 Å². The molecule has 1 N–H and O–H groups in total. The second-order valence-electron chi connectivity index (χ2n) is 1.62. The first-order chi connectivity index (χ1) is 3.85. The van der Waals surface area contributed by atoms with Crippen LogP contribution >= 0.6 is 31.9 Å². The Morgan fingerprint density at radius 2 is 2.12 bits per heavy atom. The molecule has 0 saturated heterocycles. The van der Waals surface area contributed by atoms with Crippen LogP contribution in [0, 0.1) is 0 Å². The summed E-state index contributed by atoms with van der Waals surface area (Å²) in [6.07, 6.45) is 1.18. The first-order valence-corrected chi connectivity index (χ1v) is 4.88. The molecule has 0 aromatic heterocycles. The molecule has 0 fully saturated rings. The molecule has 0 aliphatic heterocycles. The van der Waals surface area contributed by atoms with E-state index >= 15 is 0 Å². The highest BCUT2D eigenvalue weighted by molar-refractivity contribution is 9.09. The predicted molar refractivity (Wildman–Crippen MR) is 45.1 cm³/mol. The molecule has 0 bridgehead atoms. The van der Waals surface area contributed by atoms with E-state index in [9.17, 15) is 0 Å². The SMILES string of the molecule is CNC(CBr)CCBr. The van der Waals surface area contributed by atoms with Gasteiger partial charge in [0.2, 0.25) is 0 Å². The molecule has 0 aromatic carbocycles. The van der Waals surface area contributed by atoms with Gasteiger partial charge in [-0.3, -0.25) is 0 Å². The lowest BCUT2D eigenvalue weighted by molar-refractivity contribution is 0.611. The molecule has 0 aromatic rings. The summed E-state index contributed by atoms with van der Waals surface area (Å²) in [6, 6.07) is 0.620. The van der Waals surface area contributed by atoms with E-state index in [1.54, 1.807) is 0 Å². The third kappa shape index (κ3) is 3.87. The zero-order chi connectivity index (χ0) is 6.41. The molecule has 1 unspecified atom stereocenters. The topological polar surface area (TPSA) is 12.0 Å². The van der Waals surface area contributed by atoms with Crippen molar-refractivity contribution in [3.05, 3.63) is 0 Å². The first kappa shape index (κ1) is 8.92. The van der Waals surface area contributed by atoms with Gasteiger partial charge in [0.1, 0.15) is 0 Å². The molecule has 0 rings (SSSR count). The van der Waals surface area contributed by atoms with E-state index in [1.807, 2.05) is 7.05 Å². The molecule has 0 amide bonds. The van der Waals surface area contributed by atoms with Crippen molar-refractivity contribution >= 4 is 31.9 Å². The third-order valence-corrected chi connectivity index (χ3v) is 2.29. The van der Waals surface area contributed by atoms with E-state index in [1.165, 1.54) is 6.42 Å². The summed E-state index contributed by atoms with van der Waals surface area (Å²) in [7, 11) is 1.98. The molecule has 50 valence electrons. The molecule has 0 aliphatic carbocycles. The van der Waals surface area contributed by atoms with Crippen molar-refractivity contribution in [2.24, 2.45) is 0 Å². The number of halogens is 2. The molecule has 8 heavy (non-hydrogen) atoms. The van der Waals surface area contributed by atoms with Crippen LogP contribution in [0.2, 0.25) is 0 Å². The fourth-order valence-corrected chi connectivity index (χ4v) is 1.63. The minimum absolute atomic E-state index is 0.620. The van der Waals surface area contributed by atoms with Gasteiger partial charge < -0.3 is 5.32 Å². The van der Waals surface area contributed by atoms with Gasteiger partial charge in [0, 0.05) is 16.7 Å². The zero-order valence-corrected chi connectivity index (χ0v) is 8.13. The second-order valence-corrected chi connectivity index (χ2v) is 3.06. The Morgan fingerprint density at radius 3 is 2.25 bits per heavy atom. The number of nitrogens with one attached hydrogen (secondary N) is 1. The Bertz CT molecular complexity index is 45.7. The van der Waals surface area contributed by atoms with Crippen LogP contribution in [0.3, 0.4) is 0 Å². The summed E-state index contributed by atoms with van der Waals surface area (Å²) in [4.78, 5) is 0. The lowest BCUT2D eigenvalue weighted by atomic mass is 10.3. The second kappa shape index (κ2) is 6.05. The van der Waals surface area contributed by atoms with Gasteiger partial charge in [0.15, 0.2) is 0 Å². The Kier molecular flexibility index (Phi) is 6.74. The molecular formula is C5H11Br2N. The van der Waals surface area contributed by atoms with E-state index in [2.05, 4.69) is 37.2 Å². The number of alkyl halides is 2. The van der Waals surface area contributed by atoms with E-state index in [4.69, 9.17) is 0 Å². The summed E-state index contributed by atoms with van der Waals surface area (Å²) in [5.41, 5.74) is 0. The van der Waals surface area contributed by atoms with Gasteiger partial charge in [0.25, 0.3) is 0 Å². The van der Waals surface area contributed by atoms with E-state index in [0.717, 1.165) is 10.7 Å². The van der Waals surface area contributed by atoms with Crippen molar-refractivity contribution in [1.82, 2.24) is 5.32 Å². The predicted octanol–water partition coefficient (Wildman–Crippen LogP) is 1.75.